The summed E-state index contributed by atoms with van der Waals surface area (Å²) in [6.45, 7) is 3.82. The van der Waals surface area contributed by atoms with Gasteiger partial charge in [0, 0.05) is 37.3 Å². The number of carbonyl (C=O) groups excluding carboxylic acids is 2. The third kappa shape index (κ3) is 6.63. The van der Waals surface area contributed by atoms with Gasteiger partial charge in [-0.15, -0.1) is 0 Å². The number of alkyl halides is 3. The van der Waals surface area contributed by atoms with Crippen LogP contribution >= 0.6 is 0 Å². The Labute approximate surface area is 226 Å². The number of ether oxygens (including phenoxy) is 1. The van der Waals surface area contributed by atoms with Crippen molar-refractivity contribution in [2.75, 3.05) is 26.7 Å². The van der Waals surface area contributed by atoms with Crippen LogP contribution in [-0.2, 0) is 6.18 Å². The highest BCUT2D eigenvalue weighted by Crippen LogP contribution is 2.34. The van der Waals surface area contributed by atoms with E-state index in [2.05, 4.69) is 10.3 Å². The number of aliphatic hydroxyl groups is 1. The number of fused-ring (bicyclic) bond motifs is 1. The summed E-state index contributed by atoms with van der Waals surface area (Å²) in [5.41, 5.74) is -0.144. The molecule has 2 aliphatic rings. The first-order chi connectivity index (χ1) is 18.5. The van der Waals surface area contributed by atoms with Crippen LogP contribution in [0.15, 0.2) is 36.5 Å². The molecule has 2 heterocycles. The minimum Gasteiger partial charge on any atom is -0.472 e. The second-order valence-corrected chi connectivity index (χ2v) is 10.6. The lowest BCUT2D eigenvalue weighted by atomic mass is 9.98. The van der Waals surface area contributed by atoms with Crippen molar-refractivity contribution < 1.29 is 32.6 Å². The second kappa shape index (κ2) is 11.8. The second-order valence-electron chi connectivity index (χ2n) is 10.6. The van der Waals surface area contributed by atoms with E-state index in [1.165, 1.54) is 29.3 Å². The summed E-state index contributed by atoms with van der Waals surface area (Å²) in [7, 11) is 1.68. The Morgan fingerprint density at radius 2 is 1.97 bits per heavy atom. The first kappa shape index (κ1) is 28.7. The van der Waals surface area contributed by atoms with Crippen molar-refractivity contribution in [3.05, 3.63) is 47.7 Å². The van der Waals surface area contributed by atoms with Crippen LogP contribution in [0.5, 0.6) is 5.88 Å². The van der Waals surface area contributed by atoms with Gasteiger partial charge < -0.3 is 25.0 Å². The number of benzene rings is 1. The van der Waals surface area contributed by atoms with Gasteiger partial charge in [0.1, 0.15) is 11.7 Å². The van der Waals surface area contributed by atoms with Crippen LogP contribution in [0, 0.1) is 5.92 Å². The van der Waals surface area contributed by atoms with Gasteiger partial charge in [0.25, 0.3) is 5.91 Å². The van der Waals surface area contributed by atoms with Crippen LogP contribution in [0.2, 0.25) is 0 Å². The molecule has 2 N–H and O–H groups in total. The maximum absolute atomic E-state index is 13.6. The van der Waals surface area contributed by atoms with Gasteiger partial charge in [0.15, 0.2) is 0 Å². The van der Waals surface area contributed by atoms with Crippen molar-refractivity contribution in [3.8, 4) is 17.0 Å². The zero-order valence-electron chi connectivity index (χ0n) is 22.4. The molecule has 8 nitrogen and oxygen atoms in total. The third-order valence-corrected chi connectivity index (χ3v) is 7.53. The number of nitrogens with zero attached hydrogens (tertiary/aromatic N) is 3. The Bertz CT molecular complexity index is 1190. The molecule has 11 heteroatoms. The van der Waals surface area contributed by atoms with Crippen molar-refractivity contribution in [1.29, 1.82) is 0 Å². The number of urea groups is 1. The number of halogens is 3. The molecule has 0 spiro atoms. The average molecular weight is 549 g/mol. The normalized spacial score (nSPS) is 21.0. The first-order valence-corrected chi connectivity index (χ1v) is 13.3. The van der Waals surface area contributed by atoms with Crippen molar-refractivity contribution in [3.63, 3.8) is 0 Å². The molecule has 212 valence electrons. The van der Waals surface area contributed by atoms with E-state index < -0.39 is 29.8 Å². The molecule has 2 aromatic rings. The van der Waals surface area contributed by atoms with Crippen LogP contribution < -0.4 is 10.1 Å². The summed E-state index contributed by atoms with van der Waals surface area (Å²) < 4.78 is 46.1. The van der Waals surface area contributed by atoms with Gasteiger partial charge in [0.05, 0.1) is 24.8 Å². The number of likely N-dealkylation sites (N-methyl/N-ethyl adjacent to an activating group) is 1. The number of aromatic nitrogens is 1. The van der Waals surface area contributed by atoms with Crippen molar-refractivity contribution in [1.82, 2.24) is 20.1 Å². The van der Waals surface area contributed by atoms with E-state index in [9.17, 15) is 27.9 Å². The predicted octanol–water partition coefficient (Wildman–Crippen LogP) is 4.57. The summed E-state index contributed by atoms with van der Waals surface area (Å²) in [5.74, 6) is -0.625. The largest absolute Gasteiger partial charge is 0.472 e. The number of amides is 3. The van der Waals surface area contributed by atoms with Crippen LogP contribution in [0.25, 0.3) is 11.1 Å². The van der Waals surface area contributed by atoms with Crippen molar-refractivity contribution >= 4 is 11.9 Å². The van der Waals surface area contributed by atoms with Crippen LogP contribution in [-0.4, -0.2) is 76.8 Å². The molecular formula is C28H35F3N4O4. The summed E-state index contributed by atoms with van der Waals surface area (Å²) in [6, 6.07) is 5.72. The van der Waals surface area contributed by atoms with E-state index in [1.54, 1.807) is 18.9 Å². The summed E-state index contributed by atoms with van der Waals surface area (Å²) >= 11 is 0. The van der Waals surface area contributed by atoms with Crippen molar-refractivity contribution in [2.24, 2.45) is 5.92 Å². The molecule has 39 heavy (non-hydrogen) atoms. The minimum atomic E-state index is -4.52. The van der Waals surface area contributed by atoms with Gasteiger partial charge in [-0.1, -0.05) is 31.9 Å². The zero-order valence-corrected chi connectivity index (χ0v) is 22.4. The quantitative estimate of drug-likeness (QED) is 0.552. The van der Waals surface area contributed by atoms with E-state index in [0.29, 0.717) is 5.56 Å². The first-order valence-electron chi connectivity index (χ1n) is 13.3. The molecule has 0 saturated heterocycles. The lowest BCUT2D eigenvalue weighted by molar-refractivity contribution is -0.137. The number of hydrogen-bond acceptors (Lipinski definition) is 5. The zero-order chi connectivity index (χ0) is 28.3. The van der Waals surface area contributed by atoms with Crippen LogP contribution in [0.1, 0.15) is 55.5 Å². The van der Waals surface area contributed by atoms with Gasteiger partial charge in [0.2, 0.25) is 5.88 Å². The summed E-state index contributed by atoms with van der Waals surface area (Å²) in [5, 5.41) is 12.9. The van der Waals surface area contributed by atoms with E-state index in [4.69, 9.17) is 4.74 Å². The molecule has 1 aliphatic carbocycles. The molecule has 1 aliphatic heterocycles. The van der Waals surface area contributed by atoms with E-state index in [0.717, 1.165) is 37.8 Å². The summed E-state index contributed by atoms with van der Waals surface area (Å²) in [4.78, 5) is 33.9. The molecule has 0 bridgehead atoms. The van der Waals surface area contributed by atoms with E-state index >= 15 is 0 Å². The summed E-state index contributed by atoms with van der Waals surface area (Å²) in [6.07, 6.45) is 0.427. The number of rotatable bonds is 6. The minimum absolute atomic E-state index is 0.0343. The fourth-order valence-electron chi connectivity index (χ4n) is 5.06. The standard InChI is InChI=1S/C28H35F3N4O4/c1-17-14-35(18(2)16-36)26(37)23-12-20(19-7-6-8-21(11-19)28(29,30)31)13-32-25(23)39-24(17)15-34(3)27(38)33-22-9-4-5-10-22/h6-8,11-13,17-18,22,24,36H,4-5,9-10,14-16H2,1-3H3,(H,33,38)/t17-,18+,24-/m0/s1. The van der Waals surface area contributed by atoms with Gasteiger partial charge >= 0.3 is 12.2 Å². The highest BCUT2D eigenvalue weighted by atomic mass is 19.4. The fourth-order valence-corrected chi connectivity index (χ4v) is 5.06. The molecule has 0 unspecified atom stereocenters. The maximum Gasteiger partial charge on any atom is 0.416 e. The fraction of sp³-hybridized carbons (Fsp3) is 0.536. The molecule has 1 saturated carbocycles. The molecule has 4 rings (SSSR count). The lowest BCUT2D eigenvalue weighted by Crippen LogP contribution is -2.52. The molecular weight excluding hydrogens is 513 g/mol. The molecule has 0 radical (unpaired) electrons. The highest BCUT2D eigenvalue weighted by molar-refractivity contribution is 5.98. The predicted molar refractivity (Wildman–Crippen MR) is 139 cm³/mol. The van der Waals surface area contributed by atoms with Crippen LogP contribution in [0.3, 0.4) is 0 Å². The molecule has 1 aromatic carbocycles. The monoisotopic (exact) mass is 548 g/mol. The van der Waals surface area contributed by atoms with Gasteiger partial charge in [-0.05, 0) is 43.5 Å². The third-order valence-electron chi connectivity index (χ3n) is 7.53. The Balaban J connectivity index is 1.65. The Hall–Kier alpha value is -3.34. The van der Waals surface area contributed by atoms with Gasteiger partial charge in [-0.25, -0.2) is 9.78 Å². The molecule has 3 atom stereocenters. The van der Waals surface area contributed by atoms with Crippen molar-refractivity contribution in [2.45, 2.75) is 63.9 Å². The molecule has 1 fully saturated rings. The smallest absolute Gasteiger partial charge is 0.416 e. The van der Waals surface area contributed by atoms with Crippen LogP contribution in [0.4, 0.5) is 18.0 Å². The molecule has 1 aromatic heterocycles. The Morgan fingerprint density at radius 3 is 2.64 bits per heavy atom. The highest BCUT2D eigenvalue weighted by Gasteiger charge is 2.35. The topological polar surface area (TPSA) is 95.0 Å². The average Bonchev–Trinajstić information content (AvgIpc) is 3.42. The number of pyridine rings is 1. The Morgan fingerprint density at radius 1 is 1.26 bits per heavy atom. The maximum atomic E-state index is 13.6. The van der Waals surface area contributed by atoms with Gasteiger partial charge in [-0.3, -0.25) is 4.79 Å². The number of nitrogens with one attached hydrogen (secondary N) is 1. The lowest BCUT2D eigenvalue weighted by Gasteiger charge is -2.37. The number of hydrogen-bond donors (Lipinski definition) is 2. The van der Waals surface area contributed by atoms with E-state index in [1.807, 2.05) is 6.92 Å². The van der Waals surface area contributed by atoms with Gasteiger partial charge in [-0.2, -0.15) is 13.2 Å². The number of aliphatic hydroxyl groups excluding tert-OH is 1. The SMILES string of the molecule is C[C@H](CO)N1C[C@H](C)[C@H](CN(C)C(=O)NC2CCCC2)Oc2ncc(-c3cccc(C(F)(F)F)c3)cc2C1=O. The Kier molecular flexibility index (Phi) is 8.68. The molecule has 3 amide bonds. The van der Waals surface area contributed by atoms with E-state index in [-0.39, 0.29) is 54.7 Å². The number of carbonyl (C=O) groups is 2.